The Morgan fingerprint density at radius 3 is 2.35 bits per heavy atom. The normalized spacial score (nSPS) is 12.2. The molecule has 1 heterocycles. The molecule has 1 aromatic heterocycles. The fourth-order valence-electron chi connectivity index (χ4n) is 2.55. The Hall–Kier alpha value is -2.59. The highest BCUT2D eigenvalue weighted by molar-refractivity contribution is 6.32. The van der Waals surface area contributed by atoms with Crippen molar-refractivity contribution in [1.82, 2.24) is 15.1 Å². The van der Waals surface area contributed by atoms with Crippen LogP contribution in [-0.2, 0) is 0 Å². The largest absolute Gasteiger partial charge is 0.348 e. The Morgan fingerprint density at radius 1 is 1.04 bits per heavy atom. The summed E-state index contributed by atoms with van der Waals surface area (Å²) in [5.74, 6) is 0.171. The lowest BCUT2D eigenvalue weighted by atomic mass is 10.1. The number of para-hydroxylation sites is 1. The molecule has 1 amide bonds. The standard InChI is InChI=1S/C21H22ClN3O/c1-14(2)15(3)23-21(26)20-13-18(16-9-5-4-6-10-16)24-25(20)19-12-8-7-11-17(19)22/h4-15H,1-3H3,(H,23,26). The van der Waals surface area contributed by atoms with Crippen LogP contribution in [0.15, 0.2) is 60.7 Å². The first kappa shape index (κ1) is 18.2. The van der Waals surface area contributed by atoms with Gasteiger partial charge in [-0.15, -0.1) is 0 Å². The molecular weight excluding hydrogens is 346 g/mol. The highest BCUT2D eigenvalue weighted by Crippen LogP contribution is 2.25. The van der Waals surface area contributed by atoms with Crippen LogP contribution in [0.2, 0.25) is 5.02 Å². The van der Waals surface area contributed by atoms with Gasteiger partial charge in [-0.3, -0.25) is 4.79 Å². The number of hydrogen-bond donors (Lipinski definition) is 1. The Balaban J connectivity index is 2.08. The number of benzene rings is 2. The molecule has 0 bridgehead atoms. The van der Waals surface area contributed by atoms with Gasteiger partial charge in [-0.2, -0.15) is 5.10 Å². The van der Waals surface area contributed by atoms with E-state index < -0.39 is 0 Å². The lowest BCUT2D eigenvalue weighted by Gasteiger charge is -2.17. The van der Waals surface area contributed by atoms with Crippen molar-refractivity contribution in [3.8, 4) is 16.9 Å². The molecule has 3 aromatic rings. The maximum atomic E-state index is 12.9. The first-order valence-corrected chi connectivity index (χ1v) is 9.06. The van der Waals surface area contributed by atoms with Crippen LogP contribution in [0.1, 0.15) is 31.3 Å². The number of hydrogen-bond acceptors (Lipinski definition) is 2. The number of carbonyl (C=O) groups is 1. The Bertz CT molecular complexity index is 903. The number of nitrogens with zero attached hydrogens (tertiary/aromatic N) is 2. The monoisotopic (exact) mass is 367 g/mol. The van der Waals surface area contributed by atoms with Crippen LogP contribution in [0, 0.1) is 5.92 Å². The molecule has 5 heteroatoms. The summed E-state index contributed by atoms with van der Waals surface area (Å²) in [6.45, 7) is 6.15. The van der Waals surface area contributed by atoms with Gasteiger partial charge in [0.25, 0.3) is 5.91 Å². The minimum atomic E-state index is -0.166. The topological polar surface area (TPSA) is 46.9 Å². The Kier molecular flexibility index (Phi) is 5.43. The quantitative estimate of drug-likeness (QED) is 0.692. The third-order valence-corrected chi connectivity index (χ3v) is 4.77. The highest BCUT2D eigenvalue weighted by atomic mass is 35.5. The summed E-state index contributed by atoms with van der Waals surface area (Å²) in [4.78, 5) is 12.9. The summed E-state index contributed by atoms with van der Waals surface area (Å²) in [6, 6.07) is 19.0. The van der Waals surface area contributed by atoms with Gasteiger partial charge in [0.1, 0.15) is 5.69 Å². The van der Waals surface area contributed by atoms with Crippen LogP contribution in [0.5, 0.6) is 0 Å². The van der Waals surface area contributed by atoms with Crippen molar-refractivity contribution in [3.05, 3.63) is 71.4 Å². The van der Waals surface area contributed by atoms with Crippen molar-refractivity contribution in [2.45, 2.75) is 26.8 Å². The van der Waals surface area contributed by atoms with Crippen molar-refractivity contribution >= 4 is 17.5 Å². The third kappa shape index (κ3) is 3.81. The van der Waals surface area contributed by atoms with Crippen molar-refractivity contribution in [2.24, 2.45) is 5.92 Å². The van der Waals surface area contributed by atoms with Crippen LogP contribution in [0.4, 0.5) is 0 Å². The molecule has 134 valence electrons. The van der Waals surface area contributed by atoms with Gasteiger partial charge >= 0.3 is 0 Å². The predicted molar refractivity (Wildman–Crippen MR) is 106 cm³/mol. The van der Waals surface area contributed by atoms with Crippen LogP contribution in [0.25, 0.3) is 16.9 Å². The molecule has 0 aliphatic rings. The average molecular weight is 368 g/mol. The highest BCUT2D eigenvalue weighted by Gasteiger charge is 2.21. The van der Waals surface area contributed by atoms with E-state index in [1.165, 1.54) is 0 Å². The maximum Gasteiger partial charge on any atom is 0.270 e. The van der Waals surface area contributed by atoms with E-state index in [9.17, 15) is 4.79 Å². The second-order valence-electron chi connectivity index (χ2n) is 6.65. The summed E-state index contributed by atoms with van der Waals surface area (Å²) in [7, 11) is 0. The van der Waals surface area contributed by atoms with Gasteiger partial charge in [0, 0.05) is 11.6 Å². The molecule has 1 atom stereocenters. The Labute approximate surface area is 158 Å². The number of halogens is 1. The zero-order valence-corrected chi connectivity index (χ0v) is 15.9. The van der Waals surface area contributed by atoms with E-state index in [1.807, 2.05) is 55.5 Å². The predicted octanol–water partition coefficient (Wildman–Crippen LogP) is 4.97. The molecule has 0 aliphatic heterocycles. The molecule has 2 aromatic carbocycles. The Morgan fingerprint density at radius 2 is 1.69 bits per heavy atom. The molecule has 26 heavy (non-hydrogen) atoms. The lowest BCUT2D eigenvalue weighted by molar-refractivity contribution is 0.0922. The molecule has 0 saturated carbocycles. The number of aromatic nitrogens is 2. The summed E-state index contributed by atoms with van der Waals surface area (Å²) >= 11 is 6.35. The zero-order chi connectivity index (χ0) is 18.7. The first-order valence-electron chi connectivity index (χ1n) is 8.68. The second kappa shape index (κ2) is 7.75. The molecular formula is C21H22ClN3O. The van der Waals surface area contributed by atoms with E-state index in [-0.39, 0.29) is 11.9 Å². The second-order valence-corrected chi connectivity index (χ2v) is 7.06. The van der Waals surface area contributed by atoms with Crippen molar-refractivity contribution in [2.75, 3.05) is 0 Å². The molecule has 0 radical (unpaired) electrons. The van der Waals surface area contributed by atoms with Gasteiger partial charge in [0.15, 0.2) is 0 Å². The van der Waals surface area contributed by atoms with Gasteiger partial charge in [-0.25, -0.2) is 4.68 Å². The third-order valence-electron chi connectivity index (χ3n) is 4.45. The van der Waals surface area contributed by atoms with Gasteiger partial charge in [-0.05, 0) is 31.0 Å². The van der Waals surface area contributed by atoms with Crippen molar-refractivity contribution in [1.29, 1.82) is 0 Å². The SMILES string of the molecule is CC(C)C(C)NC(=O)c1cc(-c2ccccc2)nn1-c1ccccc1Cl. The van der Waals surface area contributed by atoms with Gasteiger partial charge < -0.3 is 5.32 Å². The summed E-state index contributed by atoms with van der Waals surface area (Å²) in [5.41, 5.74) is 2.82. The first-order chi connectivity index (χ1) is 12.5. The maximum absolute atomic E-state index is 12.9. The molecule has 1 N–H and O–H groups in total. The molecule has 3 rings (SSSR count). The van der Waals surface area contributed by atoms with Crippen LogP contribution in [0.3, 0.4) is 0 Å². The van der Waals surface area contributed by atoms with E-state index in [4.69, 9.17) is 11.6 Å². The van der Waals surface area contributed by atoms with Gasteiger partial charge in [0.2, 0.25) is 0 Å². The summed E-state index contributed by atoms with van der Waals surface area (Å²) in [5, 5.41) is 8.25. The number of rotatable bonds is 5. The van der Waals surface area contributed by atoms with E-state index in [0.29, 0.717) is 22.3 Å². The summed E-state index contributed by atoms with van der Waals surface area (Å²) < 4.78 is 1.62. The van der Waals surface area contributed by atoms with Crippen LogP contribution < -0.4 is 5.32 Å². The average Bonchev–Trinajstić information content (AvgIpc) is 3.08. The smallest absolute Gasteiger partial charge is 0.270 e. The molecule has 4 nitrogen and oxygen atoms in total. The summed E-state index contributed by atoms with van der Waals surface area (Å²) in [6.07, 6.45) is 0. The molecule has 1 unspecified atom stereocenters. The van der Waals surface area contributed by atoms with Crippen molar-refractivity contribution in [3.63, 3.8) is 0 Å². The van der Waals surface area contributed by atoms with Crippen molar-refractivity contribution < 1.29 is 4.79 Å². The lowest BCUT2D eigenvalue weighted by Crippen LogP contribution is -2.37. The zero-order valence-electron chi connectivity index (χ0n) is 15.1. The van der Waals surface area contributed by atoms with E-state index in [1.54, 1.807) is 16.8 Å². The van der Waals surface area contributed by atoms with E-state index >= 15 is 0 Å². The van der Waals surface area contributed by atoms with Crippen LogP contribution in [-0.4, -0.2) is 21.7 Å². The molecule has 0 aliphatic carbocycles. The van der Waals surface area contributed by atoms with Crippen LogP contribution >= 0.6 is 11.6 Å². The van der Waals surface area contributed by atoms with E-state index in [2.05, 4.69) is 24.3 Å². The van der Waals surface area contributed by atoms with E-state index in [0.717, 1.165) is 11.3 Å². The fourth-order valence-corrected chi connectivity index (χ4v) is 2.76. The molecule has 0 fully saturated rings. The number of carbonyl (C=O) groups excluding carboxylic acids is 1. The molecule has 0 spiro atoms. The number of nitrogens with one attached hydrogen (secondary N) is 1. The van der Waals surface area contributed by atoms with Gasteiger partial charge in [0.05, 0.1) is 16.4 Å². The minimum Gasteiger partial charge on any atom is -0.348 e. The number of amides is 1. The van der Waals surface area contributed by atoms with Gasteiger partial charge in [-0.1, -0.05) is 67.9 Å². The minimum absolute atomic E-state index is 0.0530. The molecule has 0 saturated heterocycles. The fraction of sp³-hybridized carbons (Fsp3) is 0.238.